The minimum atomic E-state index is -3.64. The lowest BCUT2D eigenvalue weighted by molar-refractivity contribution is 0.531. The molecule has 2 heterocycles. The summed E-state index contributed by atoms with van der Waals surface area (Å²) in [6.45, 7) is 3.87. The Labute approximate surface area is 121 Å². The van der Waals surface area contributed by atoms with Crippen LogP contribution >= 0.6 is 11.3 Å². The van der Waals surface area contributed by atoms with Crippen LogP contribution in [-0.2, 0) is 10.0 Å². The lowest BCUT2D eigenvalue weighted by Gasteiger charge is -2.03. The van der Waals surface area contributed by atoms with E-state index in [1.54, 1.807) is 4.68 Å². The molecular formula is C11H15N5O2S2. The van der Waals surface area contributed by atoms with Gasteiger partial charge in [0.1, 0.15) is 9.90 Å². The van der Waals surface area contributed by atoms with Crippen molar-refractivity contribution in [2.75, 3.05) is 4.72 Å². The minimum absolute atomic E-state index is 0.113. The molecule has 0 bridgehead atoms. The molecule has 7 nitrogen and oxygen atoms in total. The molecule has 0 radical (unpaired) electrons. The normalized spacial score (nSPS) is 15.8. The van der Waals surface area contributed by atoms with Crippen LogP contribution < -0.4 is 4.72 Å². The highest BCUT2D eigenvalue weighted by atomic mass is 32.2. The van der Waals surface area contributed by atoms with Gasteiger partial charge in [0.2, 0.25) is 5.13 Å². The molecule has 0 unspecified atom stereocenters. The zero-order valence-electron chi connectivity index (χ0n) is 11.1. The van der Waals surface area contributed by atoms with E-state index in [4.69, 9.17) is 0 Å². The first-order valence-electron chi connectivity index (χ1n) is 6.36. The Morgan fingerprint density at radius 1 is 1.40 bits per heavy atom. The minimum Gasteiger partial charge on any atom is -0.269 e. The van der Waals surface area contributed by atoms with Gasteiger partial charge in [-0.05, 0) is 26.7 Å². The van der Waals surface area contributed by atoms with Crippen molar-refractivity contribution in [2.45, 2.75) is 43.5 Å². The monoisotopic (exact) mass is 313 g/mol. The van der Waals surface area contributed by atoms with Crippen LogP contribution in [0.4, 0.5) is 5.13 Å². The van der Waals surface area contributed by atoms with Crippen molar-refractivity contribution < 1.29 is 8.42 Å². The third-order valence-electron chi connectivity index (χ3n) is 3.01. The van der Waals surface area contributed by atoms with Crippen LogP contribution in [0.1, 0.15) is 43.7 Å². The van der Waals surface area contributed by atoms with E-state index in [0.29, 0.717) is 11.0 Å². The van der Waals surface area contributed by atoms with Crippen LogP contribution in [0.3, 0.4) is 0 Å². The molecule has 1 fully saturated rings. The van der Waals surface area contributed by atoms with Crippen molar-refractivity contribution in [3.8, 4) is 0 Å². The largest absolute Gasteiger partial charge is 0.269 e. The van der Waals surface area contributed by atoms with E-state index in [-0.39, 0.29) is 10.9 Å². The first kappa shape index (κ1) is 13.5. The van der Waals surface area contributed by atoms with Gasteiger partial charge in [0, 0.05) is 18.2 Å². The molecular weight excluding hydrogens is 298 g/mol. The van der Waals surface area contributed by atoms with Gasteiger partial charge in [-0.15, -0.1) is 10.2 Å². The molecule has 1 aliphatic rings. The Morgan fingerprint density at radius 2 is 2.15 bits per heavy atom. The van der Waals surface area contributed by atoms with Gasteiger partial charge >= 0.3 is 0 Å². The van der Waals surface area contributed by atoms with E-state index in [0.717, 1.165) is 17.8 Å². The van der Waals surface area contributed by atoms with Gasteiger partial charge in [-0.3, -0.25) is 9.40 Å². The predicted octanol–water partition coefficient (Wildman–Crippen LogP) is 1.99. The third kappa shape index (κ3) is 2.68. The zero-order chi connectivity index (χ0) is 14.3. The van der Waals surface area contributed by atoms with Crippen LogP contribution in [0.5, 0.6) is 0 Å². The van der Waals surface area contributed by atoms with Gasteiger partial charge in [-0.2, -0.15) is 5.10 Å². The average Bonchev–Trinajstić information content (AvgIpc) is 2.91. The van der Waals surface area contributed by atoms with E-state index in [2.05, 4.69) is 20.0 Å². The van der Waals surface area contributed by atoms with Gasteiger partial charge in [-0.25, -0.2) is 8.42 Å². The molecule has 20 heavy (non-hydrogen) atoms. The summed E-state index contributed by atoms with van der Waals surface area (Å²) in [4.78, 5) is 0.134. The lowest BCUT2D eigenvalue weighted by atomic mass is 10.4. The van der Waals surface area contributed by atoms with Crippen molar-refractivity contribution in [2.24, 2.45) is 0 Å². The summed E-state index contributed by atoms with van der Waals surface area (Å²) in [7, 11) is -3.64. The molecule has 1 aliphatic carbocycles. The van der Waals surface area contributed by atoms with E-state index in [9.17, 15) is 8.42 Å². The van der Waals surface area contributed by atoms with Crippen LogP contribution in [0.25, 0.3) is 0 Å². The number of hydrogen-bond donors (Lipinski definition) is 1. The van der Waals surface area contributed by atoms with Crippen LogP contribution in [0.15, 0.2) is 17.3 Å². The summed E-state index contributed by atoms with van der Waals surface area (Å²) in [5.41, 5.74) is 0. The standard InChI is InChI=1S/C11H15N5O2S2/c1-7(2)16-6-9(5-12-16)20(17,18)15-11-14-13-10(19-11)8-3-4-8/h5-8H,3-4H2,1-2H3,(H,14,15). The highest BCUT2D eigenvalue weighted by Gasteiger charge is 2.28. The molecule has 0 spiro atoms. The van der Waals surface area contributed by atoms with Gasteiger partial charge in [-0.1, -0.05) is 11.3 Å². The molecule has 0 amide bonds. The van der Waals surface area contributed by atoms with Crippen LogP contribution in [-0.4, -0.2) is 28.4 Å². The Morgan fingerprint density at radius 3 is 2.75 bits per heavy atom. The van der Waals surface area contributed by atoms with E-state index >= 15 is 0 Å². The van der Waals surface area contributed by atoms with Crippen molar-refractivity contribution in [3.05, 3.63) is 17.4 Å². The van der Waals surface area contributed by atoms with Crippen LogP contribution in [0.2, 0.25) is 0 Å². The molecule has 0 aromatic carbocycles. The second-order valence-electron chi connectivity index (χ2n) is 5.08. The van der Waals surface area contributed by atoms with Gasteiger partial charge in [0.05, 0.1) is 6.20 Å². The summed E-state index contributed by atoms with van der Waals surface area (Å²) in [5.74, 6) is 0.467. The second-order valence-corrected chi connectivity index (χ2v) is 7.77. The van der Waals surface area contributed by atoms with Crippen molar-refractivity contribution in [3.63, 3.8) is 0 Å². The molecule has 0 saturated heterocycles. The SMILES string of the molecule is CC(C)n1cc(S(=O)(=O)Nc2nnc(C3CC3)s2)cn1. The highest BCUT2D eigenvalue weighted by Crippen LogP contribution is 2.42. The summed E-state index contributed by atoms with van der Waals surface area (Å²) in [6, 6.07) is 0.113. The molecule has 2 aromatic rings. The first-order chi connectivity index (χ1) is 9.45. The van der Waals surface area contributed by atoms with Crippen molar-refractivity contribution >= 4 is 26.5 Å². The molecule has 0 atom stereocenters. The zero-order valence-corrected chi connectivity index (χ0v) is 12.8. The predicted molar refractivity (Wildman–Crippen MR) is 75.3 cm³/mol. The van der Waals surface area contributed by atoms with Gasteiger partial charge in [0.25, 0.3) is 10.0 Å². The molecule has 1 saturated carbocycles. The van der Waals surface area contributed by atoms with Gasteiger partial charge < -0.3 is 0 Å². The molecule has 0 aliphatic heterocycles. The van der Waals surface area contributed by atoms with E-state index < -0.39 is 10.0 Å². The number of anilines is 1. The number of rotatable bonds is 5. The summed E-state index contributed by atoms with van der Waals surface area (Å²) in [5, 5.41) is 13.1. The summed E-state index contributed by atoms with van der Waals surface area (Å²) < 4.78 is 28.5. The second kappa shape index (κ2) is 4.81. The maximum absolute atomic E-state index is 12.2. The first-order valence-corrected chi connectivity index (χ1v) is 8.66. The Kier molecular flexibility index (Phi) is 3.25. The molecule has 3 rings (SSSR count). The number of hydrogen-bond acceptors (Lipinski definition) is 6. The van der Waals surface area contributed by atoms with E-state index in [1.807, 2.05) is 13.8 Å². The Bertz CT molecular complexity index is 715. The van der Waals surface area contributed by atoms with Gasteiger partial charge in [0.15, 0.2) is 0 Å². The smallest absolute Gasteiger partial charge is 0.266 e. The highest BCUT2D eigenvalue weighted by molar-refractivity contribution is 7.93. The molecule has 2 aromatic heterocycles. The van der Waals surface area contributed by atoms with Crippen molar-refractivity contribution in [1.82, 2.24) is 20.0 Å². The number of sulfonamides is 1. The average molecular weight is 313 g/mol. The fourth-order valence-corrected chi connectivity index (χ4v) is 3.77. The van der Waals surface area contributed by atoms with E-state index in [1.165, 1.54) is 23.7 Å². The number of nitrogens with one attached hydrogen (secondary N) is 1. The summed E-state index contributed by atoms with van der Waals surface area (Å²) >= 11 is 1.30. The maximum Gasteiger partial charge on any atom is 0.266 e. The quantitative estimate of drug-likeness (QED) is 0.911. The lowest BCUT2D eigenvalue weighted by Crippen LogP contribution is -2.12. The Hall–Kier alpha value is -1.48. The molecule has 9 heteroatoms. The topological polar surface area (TPSA) is 89.8 Å². The van der Waals surface area contributed by atoms with Crippen molar-refractivity contribution in [1.29, 1.82) is 0 Å². The fraction of sp³-hybridized carbons (Fsp3) is 0.545. The number of nitrogens with zero attached hydrogens (tertiary/aromatic N) is 4. The van der Waals surface area contributed by atoms with Crippen LogP contribution in [0, 0.1) is 0 Å². The third-order valence-corrected chi connectivity index (χ3v) is 5.43. The molecule has 108 valence electrons. The summed E-state index contributed by atoms with van der Waals surface area (Å²) in [6.07, 6.45) is 5.08. The fourth-order valence-electron chi connectivity index (χ4n) is 1.69. The maximum atomic E-state index is 12.2. The molecule has 1 N–H and O–H groups in total. The number of aromatic nitrogens is 4. The Balaban J connectivity index is 1.79.